The first-order chi connectivity index (χ1) is 17.8. The molecule has 4 rings (SSSR count). The molecule has 1 aliphatic rings. The van der Waals surface area contributed by atoms with Gasteiger partial charge < -0.3 is 18.6 Å². The Morgan fingerprint density at radius 2 is 1.71 bits per heavy atom. The monoisotopic (exact) mass is 536 g/mol. The first kappa shape index (κ1) is 28.1. The summed E-state index contributed by atoms with van der Waals surface area (Å²) in [6.07, 6.45) is 5.55. The van der Waals surface area contributed by atoms with Crippen molar-refractivity contribution in [2.24, 2.45) is 0 Å². The Labute approximate surface area is 228 Å². The molecular formula is C30H44N4O3Si. The lowest BCUT2D eigenvalue weighted by Crippen LogP contribution is -2.51. The van der Waals surface area contributed by atoms with E-state index in [1.165, 1.54) is 0 Å². The van der Waals surface area contributed by atoms with E-state index in [0.29, 0.717) is 35.5 Å². The van der Waals surface area contributed by atoms with E-state index in [9.17, 15) is 4.79 Å². The minimum absolute atomic E-state index is 0.114. The maximum atomic E-state index is 12.8. The third-order valence-electron chi connectivity index (χ3n) is 7.92. The molecule has 0 radical (unpaired) electrons. The first-order valence-corrected chi connectivity index (χ1v) is 16.0. The van der Waals surface area contributed by atoms with E-state index in [2.05, 4.69) is 65.0 Å². The van der Waals surface area contributed by atoms with E-state index >= 15 is 0 Å². The lowest BCUT2D eigenvalue weighted by molar-refractivity contribution is 0.0207. The number of aromatic nitrogens is 3. The van der Waals surface area contributed by atoms with Gasteiger partial charge in [-0.1, -0.05) is 48.5 Å². The van der Waals surface area contributed by atoms with Gasteiger partial charge in [0.2, 0.25) is 0 Å². The molecule has 0 fully saturated rings. The fraction of sp³-hybridized carbons (Fsp3) is 0.567. The second kappa shape index (κ2) is 10.4. The zero-order valence-electron chi connectivity index (χ0n) is 24.7. The average Bonchev–Trinajstić information content (AvgIpc) is 3.22. The van der Waals surface area contributed by atoms with E-state index in [-0.39, 0.29) is 12.0 Å². The summed E-state index contributed by atoms with van der Waals surface area (Å²) < 4.78 is 14.6. The molecule has 0 aromatic carbocycles. The van der Waals surface area contributed by atoms with Crippen LogP contribution in [-0.2, 0) is 11.3 Å². The lowest BCUT2D eigenvalue weighted by atomic mass is 9.96. The Morgan fingerprint density at radius 1 is 1.05 bits per heavy atom. The summed E-state index contributed by atoms with van der Waals surface area (Å²) in [5.41, 5.74) is 4.12. The Kier molecular flexibility index (Phi) is 7.67. The molecule has 0 saturated heterocycles. The molecule has 206 valence electrons. The number of nitrogens with zero attached hydrogens (tertiary/aromatic N) is 4. The molecule has 0 N–H and O–H groups in total. The molecule has 8 heteroatoms. The van der Waals surface area contributed by atoms with Gasteiger partial charge in [0.1, 0.15) is 22.7 Å². The third kappa shape index (κ3) is 5.07. The van der Waals surface area contributed by atoms with Crippen LogP contribution in [0.4, 0.5) is 4.79 Å². The molecule has 1 unspecified atom stereocenters. The Morgan fingerprint density at radius 3 is 2.32 bits per heavy atom. The van der Waals surface area contributed by atoms with Crippen LogP contribution in [0, 0.1) is 0 Å². The van der Waals surface area contributed by atoms with Gasteiger partial charge >= 0.3 is 6.09 Å². The number of carbonyl (C=O) groups excluding carboxylic acids is 1. The Balaban J connectivity index is 1.67. The molecule has 1 amide bonds. The molecule has 1 atom stereocenters. The second-order valence-electron chi connectivity index (χ2n) is 12.7. The molecule has 3 aromatic heterocycles. The molecule has 0 aliphatic carbocycles. The van der Waals surface area contributed by atoms with Crippen LogP contribution in [0.3, 0.4) is 0 Å². The van der Waals surface area contributed by atoms with Crippen molar-refractivity contribution in [3.63, 3.8) is 0 Å². The quantitative estimate of drug-likeness (QED) is 0.298. The van der Waals surface area contributed by atoms with Crippen LogP contribution < -0.4 is 4.74 Å². The summed E-state index contributed by atoms with van der Waals surface area (Å²) in [4.78, 5) is 24.1. The highest BCUT2D eigenvalue weighted by atomic mass is 28.3. The van der Waals surface area contributed by atoms with Crippen LogP contribution in [0.25, 0.3) is 11.0 Å². The summed E-state index contributed by atoms with van der Waals surface area (Å²) in [7, 11) is -1.96. The predicted molar refractivity (Wildman–Crippen MR) is 156 cm³/mol. The van der Waals surface area contributed by atoms with Crippen molar-refractivity contribution in [1.29, 1.82) is 0 Å². The minimum Gasteiger partial charge on any atom is -0.455 e. The van der Waals surface area contributed by atoms with Crippen LogP contribution in [-0.4, -0.2) is 45.6 Å². The molecule has 0 bridgehead atoms. The zero-order valence-corrected chi connectivity index (χ0v) is 25.7. The molecule has 4 heterocycles. The number of hydrogen-bond acceptors (Lipinski definition) is 5. The smallest absolute Gasteiger partial charge is 0.410 e. The van der Waals surface area contributed by atoms with Crippen LogP contribution >= 0.6 is 0 Å². The first-order valence-electron chi connectivity index (χ1n) is 13.9. The van der Waals surface area contributed by atoms with Crippen molar-refractivity contribution in [3.8, 4) is 11.5 Å². The highest BCUT2D eigenvalue weighted by molar-refractivity contribution is 6.82. The van der Waals surface area contributed by atoms with Gasteiger partial charge in [-0.05, 0) is 67.4 Å². The largest absolute Gasteiger partial charge is 0.455 e. The third-order valence-corrected chi connectivity index (χ3v) is 14.7. The van der Waals surface area contributed by atoms with Crippen molar-refractivity contribution in [2.45, 2.75) is 104 Å². The number of carbonyl (C=O) groups is 1. The zero-order chi connectivity index (χ0) is 28.0. The van der Waals surface area contributed by atoms with E-state index in [1.54, 1.807) is 11.1 Å². The average molecular weight is 537 g/mol. The topological polar surface area (TPSA) is 69.5 Å². The molecule has 1 aliphatic heterocycles. The highest BCUT2D eigenvalue weighted by Gasteiger charge is 2.46. The molecule has 0 saturated carbocycles. The van der Waals surface area contributed by atoms with Crippen molar-refractivity contribution >= 4 is 25.4 Å². The maximum Gasteiger partial charge on any atom is 0.410 e. The van der Waals surface area contributed by atoms with Crippen molar-refractivity contribution in [1.82, 2.24) is 19.1 Å². The highest BCUT2D eigenvalue weighted by Crippen LogP contribution is 2.45. The van der Waals surface area contributed by atoms with Gasteiger partial charge in [0.05, 0.1) is 23.8 Å². The minimum atomic E-state index is -1.96. The van der Waals surface area contributed by atoms with Gasteiger partial charge in [-0.3, -0.25) is 4.98 Å². The molecular weight excluding hydrogens is 492 g/mol. The van der Waals surface area contributed by atoms with E-state index in [0.717, 1.165) is 28.0 Å². The lowest BCUT2D eigenvalue weighted by Gasteiger charge is -2.44. The predicted octanol–water partition coefficient (Wildman–Crippen LogP) is 8.10. The molecule has 7 nitrogen and oxygen atoms in total. The van der Waals surface area contributed by atoms with Gasteiger partial charge in [0, 0.05) is 18.7 Å². The van der Waals surface area contributed by atoms with E-state index in [4.69, 9.17) is 19.4 Å². The number of pyridine rings is 2. The van der Waals surface area contributed by atoms with Crippen LogP contribution in [0.1, 0.15) is 86.4 Å². The second-order valence-corrected chi connectivity index (χ2v) is 18.4. The summed E-state index contributed by atoms with van der Waals surface area (Å²) in [5, 5.41) is 1.01. The van der Waals surface area contributed by atoms with E-state index in [1.807, 2.05) is 39.1 Å². The maximum absolute atomic E-state index is 12.8. The molecule has 0 spiro atoms. The van der Waals surface area contributed by atoms with Gasteiger partial charge in [-0.15, -0.1) is 0 Å². The van der Waals surface area contributed by atoms with E-state index < -0.39 is 13.8 Å². The van der Waals surface area contributed by atoms with Crippen molar-refractivity contribution in [3.05, 3.63) is 48.0 Å². The van der Waals surface area contributed by atoms with Crippen molar-refractivity contribution in [2.75, 3.05) is 6.54 Å². The summed E-state index contributed by atoms with van der Waals surface area (Å²) in [6, 6.07) is 6.07. The number of amides is 1. The van der Waals surface area contributed by atoms with Gasteiger partial charge in [-0.2, -0.15) is 0 Å². The Bertz CT molecular complexity index is 1290. The standard InChI is InChI=1S/C30H44N4O3Si/c1-19(2)38(20(3)4,21(5)6)34-14-12-25-26(11-13-31-28(25)34)36-24-15-23-18-33(29(35)37-30(8,9)10)17-22(7)27(23)32-16-24/h11-16,19-22H,17-18H2,1-10H3. The molecule has 38 heavy (non-hydrogen) atoms. The van der Waals surface area contributed by atoms with Crippen LogP contribution in [0.2, 0.25) is 16.6 Å². The van der Waals surface area contributed by atoms with Gasteiger partial charge in [0.15, 0.2) is 8.24 Å². The summed E-state index contributed by atoms with van der Waals surface area (Å²) in [5.74, 6) is 1.54. The molecule has 3 aromatic rings. The number of fused-ring (bicyclic) bond motifs is 2. The van der Waals surface area contributed by atoms with Crippen LogP contribution in [0.15, 0.2) is 36.8 Å². The summed E-state index contributed by atoms with van der Waals surface area (Å²) >= 11 is 0. The number of ether oxygens (including phenoxy) is 2. The van der Waals surface area contributed by atoms with Crippen molar-refractivity contribution < 1.29 is 14.3 Å². The van der Waals surface area contributed by atoms with Gasteiger partial charge in [0.25, 0.3) is 0 Å². The SMILES string of the molecule is CC1CN(C(=O)OC(C)(C)C)Cc2cc(Oc3ccnc4c3ccn4[Si](C(C)C)(C(C)C)C(C)C)cnc21. The fourth-order valence-electron chi connectivity index (χ4n) is 6.65. The fourth-order valence-corrected chi connectivity index (χ4v) is 13.2. The number of hydrogen-bond donors (Lipinski definition) is 0. The van der Waals surface area contributed by atoms with Crippen LogP contribution in [0.5, 0.6) is 11.5 Å². The Hall–Kier alpha value is -2.87. The normalized spacial score (nSPS) is 16.4. The number of rotatable bonds is 6. The van der Waals surface area contributed by atoms with Gasteiger partial charge in [-0.25, -0.2) is 9.78 Å². The summed E-state index contributed by atoms with van der Waals surface area (Å²) in [6.45, 7) is 22.9.